The van der Waals surface area contributed by atoms with E-state index in [-0.39, 0.29) is 44.7 Å². The smallest absolute Gasteiger partial charge is 0.137 e. The molecule has 0 atom stereocenters. The van der Waals surface area contributed by atoms with E-state index in [0.717, 1.165) is 0 Å². The molecule has 0 aromatic carbocycles. The minimum atomic E-state index is 0. The summed E-state index contributed by atoms with van der Waals surface area (Å²) in [5.74, 6) is 0. The van der Waals surface area contributed by atoms with Crippen LogP contribution in [0.25, 0.3) is 0 Å². The molecule has 0 aromatic heterocycles. The first-order valence-corrected chi connectivity index (χ1v) is 3.86. The van der Waals surface area contributed by atoms with E-state index in [2.05, 4.69) is 69.0 Å². The van der Waals surface area contributed by atoms with Crippen molar-refractivity contribution in [3.63, 3.8) is 0 Å². The van der Waals surface area contributed by atoms with Crippen LogP contribution in [-0.4, -0.2) is 0 Å². The van der Waals surface area contributed by atoms with E-state index in [4.69, 9.17) is 23.2 Å². The van der Waals surface area contributed by atoms with Crippen LogP contribution in [0, 0.1) is 0 Å². The zero-order valence-electron chi connectivity index (χ0n) is 8.87. The average molecular weight is 614 g/mol. The zero-order chi connectivity index (χ0) is 12.4. The van der Waals surface area contributed by atoms with Crippen molar-refractivity contribution in [3.05, 3.63) is 73.5 Å². The summed E-state index contributed by atoms with van der Waals surface area (Å²) in [7, 11) is 0. The Morgan fingerprint density at radius 1 is 0.625 bits per heavy atom. The van der Waals surface area contributed by atoms with Gasteiger partial charge < -0.3 is 0 Å². The van der Waals surface area contributed by atoms with Gasteiger partial charge in [-0.25, -0.2) is 0 Å². The second-order valence-electron chi connectivity index (χ2n) is 1.19. The molecule has 0 unspecified atom stereocenters. The van der Waals surface area contributed by atoms with Gasteiger partial charge in [-0.2, -0.15) is 0 Å². The first kappa shape index (κ1) is 36.0. The van der Waals surface area contributed by atoms with Gasteiger partial charge in [-0.1, -0.05) is 75.0 Å². The summed E-state index contributed by atoms with van der Waals surface area (Å²) in [5, 5.41) is 0. The molecular weight excluding hydrogens is 599 g/mol. The predicted octanol–water partition coefficient (Wildman–Crippen LogP) is 4.96. The van der Waals surface area contributed by atoms with Crippen molar-refractivity contribution in [2.75, 3.05) is 0 Å². The van der Waals surface area contributed by atoms with Crippen LogP contribution in [-0.2, 0) is 40.2 Å². The summed E-state index contributed by atoms with van der Waals surface area (Å²) in [4.78, 5) is 0. The maximum atomic E-state index is 4.97. The average Bonchev–Trinajstić information content (AvgIpc) is 2.08. The van der Waals surface area contributed by atoms with Crippen LogP contribution < -0.4 is 0 Å². The summed E-state index contributed by atoms with van der Waals surface area (Å²) in [6.45, 7) is 21.9. The van der Waals surface area contributed by atoms with Gasteiger partial charge >= 0.3 is 0 Å². The minimum absolute atomic E-state index is 0. The third-order valence-corrected chi connectivity index (χ3v) is 0.401. The van der Waals surface area contributed by atoms with Gasteiger partial charge in [0.15, 0.2) is 0 Å². The molecule has 16 heavy (non-hydrogen) atoms. The van der Waals surface area contributed by atoms with Crippen molar-refractivity contribution in [3.8, 4) is 0 Å². The van der Waals surface area contributed by atoms with Crippen molar-refractivity contribution < 1.29 is 40.2 Å². The molecule has 0 bridgehead atoms. The molecule has 0 spiro atoms. The first-order chi connectivity index (χ1) is 6.51. The largest absolute Gasteiger partial charge is 0.148 e. The Morgan fingerprint density at radius 2 is 0.688 bits per heavy atom. The normalized spacial score (nSPS) is 3.38. The molecule has 0 aliphatic heterocycles. The Labute approximate surface area is 136 Å². The predicted molar refractivity (Wildman–Crippen MR) is 68.7 cm³/mol. The monoisotopic (exact) mass is 614 g/mol. The number of halogens is 2. The van der Waals surface area contributed by atoms with Gasteiger partial charge in [0.1, 0.15) is 4.49 Å². The fourth-order valence-electron chi connectivity index (χ4n) is 0. The summed E-state index contributed by atoms with van der Waals surface area (Å²) >= 11 is 9.94. The molecule has 0 fully saturated rings. The Balaban J connectivity index is -0.0000000206. The van der Waals surface area contributed by atoms with Crippen LogP contribution in [0.5, 0.6) is 0 Å². The van der Waals surface area contributed by atoms with Crippen molar-refractivity contribution >= 4 is 23.2 Å². The van der Waals surface area contributed by atoms with E-state index in [1.807, 2.05) is 0 Å². The fraction of sp³-hybridized carbons (Fsp3) is 0. The zero-order valence-corrected chi connectivity index (χ0v) is 15.2. The van der Waals surface area contributed by atoms with Crippen LogP contribution in [0.1, 0.15) is 0 Å². The molecule has 0 nitrogen and oxygen atoms in total. The van der Waals surface area contributed by atoms with Crippen LogP contribution >= 0.6 is 23.2 Å². The Kier molecular flexibility index (Phi) is 135. The summed E-state index contributed by atoms with van der Waals surface area (Å²) in [5.41, 5.74) is 8.98. The molecule has 0 aromatic rings. The van der Waals surface area contributed by atoms with Gasteiger partial charge in [0.2, 0.25) is 0 Å². The van der Waals surface area contributed by atoms with E-state index in [9.17, 15) is 0 Å². The molecular formula is C12H14Cl2Ir2. The van der Waals surface area contributed by atoms with E-state index in [1.165, 1.54) is 0 Å². The Hall–Kier alpha value is -0.0413. The molecule has 0 rings (SSSR count). The van der Waals surface area contributed by atoms with Crippen molar-refractivity contribution in [1.82, 2.24) is 0 Å². The standard InChI is InChI=1S/C3H2Cl2.3C3H4.2Ir/c1-2-3(4)5;3*1-3-2;;/h1H2;3*1-2H2;;. The van der Waals surface area contributed by atoms with Gasteiger partial charge in [0.25, 0.3) is 0 Å². The minimum Gasteiger partial charge on any atom is -0.137 e. The van der Waals surface area contributed by atoms with Crippen LogP contribution in [0.15, 0.2) is 73.5 Å². The van der Waals surface area contributed by atoms with Gasteiger partial charge in [-0.15, -0.1) is 17.2 Å². The number of hydrogen-bond donors (Lipinski definition) is 0. The molecule has 0 N–H and O–H groups in total. The molecule has 4 heteroatoms. The number of rotatable bonds is 0. The van der Waals surface area contributed by atoms with Crippen LogP contribution in [0.3, 0.4) is 0 Å². The SMILES string of the molecule is C=C=C.C=C=C.C=C=C.C=C=C(Cl)Cl.[Ir].[Ir]. The fourth-order valence-corrected chi connectivity index (χ4v) is 0. The van der Waals surface area contributed by atoms with E-state index in [0.29, 0.717) is 0 Å². The summed E-state index contributed by atoms with van der Waals surface area (Å²) in [6.07, 6.45) is 0. The molecule has 0 heterocycles. The maximum absolute atomic E-state index is 4.97. The second-order valence-corrected chi connectivity index (χ2v) is 2.14. The summed E-state index contributed by atoms with van der Waals surface area (Å²) in [6, 6.07) is 0. The van der Waals surface area contributed by atoms with Crippen LogP contribution in [0.2, 0.25) is 0 Å². The third kappa shape index (κ3) is 611. The molecule has 2 radical (unpaired) electrons. The van der Waals surface area contributed by atoms with E-state index < -0.39 is 0 Å². The van der Waals surface area contributed by atoms with Gasteiger partial charge in [-0.05, 0) is 0 Å². The van der Waals surface area contributed by atoms with E-state index >= 15 is 0 Å². The van der Waals surface area contributed by atoms with Crippen molar-refractivity contribution in [1.29, 1.82) is 0 Å². The Morgan fingerprint density at radius 3 is 0.688 bits per heavy atom. The van der Waals surface area contributed by atoms with Crippen molar-refractivity contribution in [2.24, 2.45) is 0 Å². The van der Waals surface area contributed by atoms with Gasteiger partial charge in [0.05, 0.1) is 0 Å². The quantitative estimate of drug-likeness (QED) is 0.339. The molecule has 94 valence electrons. The van der Waals surface area contributed by atoms with Crippen LogP contribution in [0.4, 0.5) is 0 Å². The molecule has 0 amide bonds. The molecule has 0 saturated carbocycles. The third-order valence-electron chi connectivity index (χ3n) is 0.134. The maximum Gasteiger partial charge on any atom is 0.148 e. The molecule has 0 aliphatic carbocycles. The van der Waals surface area contributed by atoms with Gasteiger partial charge in [0, 0.05) is 40.2 Å². The van der Waals surface area contributed by atoms with Gasteiger partial charge in [-0.3, -0.25) is 0 Å². The molecule has 0 aliphatic rings. The molecule has 0 saturated heterocycles. The number of hydrogen-bond acceptors (Lipinski definition) is 0. The second kappa shape index (κ2) is 60.2. The summed E-state index contributed by atoms with van der Waals surface area (Å²) < 4.78 is 0.0880. The Bertz CT molecular complexity index is 224. The van der Waals surface area contributed by atoms with E-state index in [1.54, 1.807) is 0 Å². The van der Waals surface area contributed by atoms with Crippen molar-refractivity contribution in [2.45, 2.75) is 0 Å². The first-order valence-electron chi connectivity index (χ1n) is 3.10. The topological polar surface area (TPSA) is 0 Å².